The summed E-state index contributed by atoms with van der Waals surface area (Å²) in [5.74, 6) is 0.259. The van der Waals surface area contributed by atoms with Crippen LogP contribution in [0.4, 0.5) is 0 Å². The number of benzene rings is 1. The topological polar surface area (TPSA) is 43.8 Å². The zero-order chi connectivity index (χ0) is 18.7. The van der Waals surface area contributed by atoms with E-state index in [1.807, 2.05) is 4.90 Å². The van der Waals surface area contributed by atoms with Crippen LogP contribution in [0.2, 0.25) is 0 Å². The van der Waals surface area contributed by atoms with Gasteiger partial charge in [0.15, 0.2) is 0 Å². The van der Waals surface area contributed by atoms with Crippen LogP contribution >= 0.6 is 0 Å². The maximum absolute atomic E-state index is 12.8. The molecule has 0 saturated carbocycles. The number of amides is 1. The van der Waals surface area contributed by atoms with Gasteiger partial charge in [0, 0.05) is 44.6 Å². The van der Waals surface area contributed by atoms with E-state index in [1.54, 1.807) is 0 Å². The summed E-state index contributed by atoms with van der Waals surface area (Å²) in [7, 11) is 0. The third kappa shape index (κ3) is 4.27. The highest BCUT2D eigenvalue weighted by atomic mass is 16.3. The van der Waals surface area contributed by atoms with Gasteiger partial charge in [0.2, 0.25) is 5.91 Å². The molecule has 3 aliphatic rings. The summed E-state index contributed by atoms with van der Waals surface area (Å²) in [5, 5.41) is 10.9. The Morgan fingerprint density at radius 1 is 1.15 bits per heavy atom. The number of likely N-dealkylation sites (tertiary alicyclic amines) is 2. The lowest BCUT2D eigenvalue weighted by Gasteiger charge is -2.51. The zero-order valence-corrected chi connectivity index (χ0v) is 16.3. The number of piperidine rings is 2. The molecule has 0 radical (unpaired) electrons. The zero-order valence-electron chi connectivity index (χ0n) is 16.3. The largest absolute Gasteiger partial charge is 0.392 e. The van der Waals surface area contributed by atoms with Gasteiger partial charge in [0.05, 0.1) is 6.10 Å². The number of rotatable bonds is 4. The van der Waals surface area contributed by atoms with Gasteiger partial charge in [-0.05, 0) is 44.1 Å². The highest BCUT2D eigenvalue weighted by Crippen LogP contribution is 2.39. The predicted molar refractivity (Wildman–Crippen MR) is 107 cm³/mol. The first-order valence-corrected chi connectivity index (χ1v) is 10.5. The van der Waals surface area contributed by atoms with Crippen LogP contribution in [0.15, 0.2) is 42.0 Å². The smallest absolute Gasteiger partial charge is 0.226 e. The van der Waals surface area contributed by atoms with E-state index in [4.69, 9.17) is 0 Å². The molecule has 27 heavy (non-hydrogen) atoms. The lowest BCUT2D eigenvalue weighted by atomic mass is 9.71. The normalized spacial score (nSPS) is 29.1. The van der Waals surface area contributed by atoms with Crippen LogP contribution in [-0.4, -0.2) is 53.1 Å². The second-order valence-corrected chi connectivity index (χ2v) is 8.71. The Bertz CT molecular complexity index is 687. The average molecular weight is 369 g/mol. The summed E-state index contributed by atoms with van der Waals surface area (Å²) in [6, 6.07) is 10.6. The van der Waals surface area contributed by atoms with Gasteiger partial charge in [-0.2, -0.15) is 0 Å². The van der Waals surface area contributed by atoms with Gasteiger partial charge in [-0.3, -0.25) is 9.69 Å². The molecule has 1 N–H and O–H groups in total. The summed E-state index contributed by atoms with van der Waals surface area (Å²) < 4.78 is 0. The number of hydrogen-bond acceptors (Lipinski definition) is 3. The second-order valence-electron chi connectivity index (χ2n) is 8.71. The van der Waals surface area contributed by atoms with E-state index in [0.717, 1.165) is 58.3 Å². The minimum Gasteiger partial charge on any atom is -0.392 e. The minimum atomic E-state index is -0.300. The average Bonchev–Trinajstić information content (AvgIpc) is 3.19. The molecule has 0 unspecified atom stereocenters. The fourth-order valence-corrected chi connectivity index (χ4v) is 5.20. The molecule has 2 atom stereocenters. The maximum Gasteiger partial charge on any atom is 0.226 e. The van der Waals surface area contributed by atoms with Gasteiger partial charge in [-0.1, -0.05) is 42.0 Å². The summed E-state index contributed by atoms with van der Waals surface area (Å²) in [4.78, 5) is 17.4. The summed E-state index contributed by atoms with van der Waals surface area (Å²) >= 11 is 0. The van der Waals surface area contributed by atoms with Gasteiger partial charge >= 0.3 is 0 Å². The van der Waals surface area contributed by atoms with Crippen molar-refractivity contribution in [3.63, 3.8) is 0 Å². The van der Waals surface area contributed by atoms with Crippen molar-refractivity contribution in [1.82, 2.24) is 9.80 Å². The van der Waals surface area contributed by atoms with Crippen molar-refractivity contribution >= 4 is 5.91 Å². The lowest BCUT2D eigenvalue weighted by molar-refractivity contribution is -0.140. The molecule has 4 nitrogen and oxygen atoms in total. The molecule has 2 fully saturated rings. The number of allylic oxidation sites excluding steroid dienone is 1. The van der Waals surface area contributed by atoms with Gasteiger partial charge in [0.25, 0.3) is 0 Å². The standard InChI is InChI=1S/C23H32N2O2/c26-21-11-14-24(16-20-9-2-1-3-10-20)17-23(21)12-6-13-25(18-23)22(27)15-19-7-4-5-8-19/h1-3,7,9-10,21,26H,4-6,8,11-18H2/t21-,23-/m1/s1. The van der Waals surface area contributed by atoms with Crippen LogP contribution in [0, 0.1) is 5.41 Å². The second kappa shape index (κ2) is 8.15. The van der Waals surface area contributed by atoms with Crippen LogP contribution in [0.3, 0.4) is 0 Å². The molecule has 1 aliphatic carbocycles. The van der Waals surface area contributed by atoms with Crippen molar-refractivity contribution in [3.05, 3.63) is 47.5 Å². The van der Waals surface area contributed by atoms with Crippen LogP contribution < -0.4 is 0 Å². The van der Waals surface area contributed by atoms with Crippen molar-refractivity contribution in [2.75, 3.05) is 26.2 Å². The molecule has 1 amide bonds. The number of aliphatic hydroxyl groups is 1. The van der Waals surface area contributed by atoms with Gasteiger partial charge in [-0.25, -0.2) is 0 Å². The monoisotopic (exact) mass is 368 g/mol. The highest BCUT2D eigenvalue weighted by Gasteiger charge is 2.46. The van der Waals surface area contributed by atoms with Crippen molar-refractivity contribution in [1.29, 1.82) is 0 Å². The molecule has 1 spiro atoms. The summed E-state index contributed by atoms with van der Waals surface area (Å²) in [6.07, 6.45) is 8.75. The molecule has 4 rings (SSSR count). The summed E-state index contributed by atoms with van der Waals surface area (Å²) in [5.41, 5.74) is 2.47. The highest BCUT2D eigenvalue weighted by molar-refractivity contribution is 5.79. The van der Waals surface area contributed by atoms with E-state index in [2.05, 4.69) is 41.3 Å². The Morgan fingerprint density at radius 2 is 2.00 bits per heavy atom. The number of nitrogens with zero attached hydrogens (tertiary/aromatic N) is 2. The Kier molecular flexibility index (Phi) is 5.65. The SMILES string of the molecule is O=C(CC1=CCCC1)N1CCC[C@@]2(CN(Cc3ccccc3)CC[C@H]2O)C1. The van der Waals surface area contributed by atoms with Crippen LogP contribution in [0.1, 0.15) is 50.5 Å². The number of aliphatic hydroxyl groups excluding tert-OH is 1. The fraction of sp³-hybridized carbons (Fsp3) is 0.609. The maximum atomic E-state index is 12.8. The van der Waals surface area contributed by atoms with E-state index in [0.29, 0.717) is 13.0 Å². The molecule has 2 saturated heterocycles. The Morgan fingerprint density at radius 3 is 2.78 bits per heavy atom. The first-order valence-electron chi connectivity index (χ1n) is 10.5. The van der Waals surface area contributed by atoms with Gasteiger partial charge in [0.1, 0.15) is 0 Å². The van der Waals surface area contributed by atoms with E-state index in [-0.39, 0.29) is 17.4 Å². The van der Waals surface area contributed by atoms with E-state index in [9.17, 15) is 9.90 Å². The molecule has 0 bridgehead atoms. The first-order chi connectivity index (χ1) is 13.1. The van der Waals surface area contributed by atoms with Crippen LogP contribution in [0.25, 0.3) is 0 Å². The number of hydrogen-bond donors (Lipinski definition) is 1. The fourth-order valence-electron chi connectivity index (χ4n) is 5.20. The Hall–Kier alpha value is -1.65. The number of carbonyl (C=O) groups is 1. The first kappa shape index (κ1) is 18.7. The predicted octanol–water partition coefficient (Wildman–Crippen LogP) is 3.36. The molecular formula is C23H32N2O2. The molecule has 1 aromatic carbocycles. The molecule has 2 aliphatic heterocycles. The van der Waals surface area contributed by atoms with Gasteiger partial charge in [-0.15, -0.1) is 0 Å². The molecular weight excluding hydrogens is 336 g/mol. The van der Waals surface area contributed by atoms with Crippen molar-refractivity contribution in [2.45, 2.75) is 57.6 Å². The van der Waals surface area contributed by atoms with Crippen molar-refractivity contribution in [2.24, 2.45) is 5.41 Å². The van der Waals surface area contributed by atoms with E-state index in [1.165, 1.54) is 17.6 Å². The Balaban J connectivity index is 1.42. The molecule has 0 aromatic heterocycles. The van der Waals surface area contributed by atoms with Crippen LogP contribution in [-0.2, 0) is 11.3 Å². The molecule has 4 heteroatoms. The third-order valence-electron chi connectivity index (χ3n) is 6.69. The van der Waals surface area contributed by atoms with Crippen molar-refractivity contribution < 1.29 is 9.90 Å². The van der Waals surface area contributed by atoms with Crippen LogP contribution in [0.5, 0.6) is 0 Å². The van der Waals surface area contributed by atoms with E-state index >= 15 is 0 Å². The van der Waals surface area contributed by atoms with E-state index < -0.39 is 0 Å². The van der Waals surface area contributed by atoms with Gasteiger partial charge < -0.3 is 10.0 Å². The number of carbonyl (C=O) groups excluding carboxylic acids is 1. The van der Waals surface area contributed by atoms with Crippen molar-refractivity contribution in [3.8, 4) is 0 Å². The minimum absolute atomic E-state index is 0.162. The molecule has 1 aromatic rings. The quantitative estimate of drug-likeness (QED) is 0.829. The lowest BCUT2D eigenvalue weighted by Crippen LogP contribution is -2.59. The third-order valence-corrected chi connectivity index (χ3v) is 6.69. The summed E-state index contributed by atoms with van der Waals surface area (Å²) in [6.45, 7) is 4.30. The molecule has 146 valence electrons. The Labute approximate surface area is 162 Å². The molecule has 2 heterocycles.